The molecule has 0 unspecified atom stereocenters. The van der Waals surface area contributed by atoms with E-state index < -0.39 is 23.5 Å². The van der Waals surface area contributed by atoms with Crippen LogP contribution in [0.4, 0.5) is 15.8 Å². The highest BCUT2D eigenvalue weighted by atomic mass is 19.1. The van der Waals surface area contributed by atoms with Gasteiger partial charge in [0.25, 0.3) is 17.7 Å². The second-order valence-corrected chi connectivity index (χ2v) is 6.31. The number of nitrogens with zero attached hydrogens (tertiary/aromatic N) is 1. The molecule has 1 heterocycles. The van der Waals surface area contributed by atoms with E-state index in [1.807, 2.05) is 0 Å². The van der Waals surface area contributed by atoms with E-state index in [1.54, 1.807) is 30.3 Å². The Kier molecular flexibility index (Phi) is 4.56. The predicted molar refractivity (Wildman–Crippen MR) is 105 cm³/mol. The normalized spacial score (nSPS) is 12.7. The van der Waals surface area contributed by atoms with E-state index in [1.165, 1.54) is 43.5 Å². The van der Waals surface area contributed by atoms with Crippen molar-refractivity contribution in [2.24, 2.45) is 0 Å². The summed E-state index contributed by atoms with van der Waals surface area (Å²) in [5, 5.41) is 2.58. The van der Waals surface area contributed by atoms with Crippen molar-refractivity contribution in [3.63, 3.8) is 0 Å². The van der Waals surface area contributed by atoms with Crippen LogP contribution in [0.1, 0.15) is 31.1 Å². The number of nitrogens with one attached hydrogen (secondary N) is 1. The number of amides is 3. The van der Waals surface area contributed by atoms with Crippen LogP contribution in [-0.4, -0.2) is 24.8 Å². The average Bonchev–Trinajstić information content (AvgIpc) is 2.99. The second kappa shape index (κ2) is 7.20. The van der Waals surface area contributed by atoms with Gasteiger partial charge < -0.3 is 10.1 Å². The zero-order valence-corrected chi connectivity index (χ0v) is 15.3. The van der Waals surface area contributed by atoms with Gasteiger partial charge in [-0.15, -0.1) is 0 Å². The van der Waals surface area contributed by atoms with E-state index in [9.17, 15) is 18.8 Å². The Hall–Kier alpha value is -4.00. The molecule has 0 radical (unpaired) electrons. The van der Waals surface area contributed by atoms with Crippen molar-refractivity contribution in [2.75, 3.05) is 17.3 Å². The molecule has 0 saturated carbocycles. The van der Waals surface area contributed by atoms with E-state index >= 15 is 0 Å². The molecule has 6 nitrogen and oxygen atoms in total. The molecule has 3 aromatic carbocycles. The van der Waals surface area contributed by atoms with Crippen LogP contribution in [0.5, 0.6) is 5.75 Å². The summed E-state index contributed by atoms with van der Waals surface area (Å²) in [5.74, 6) is -1.96. The average molecular weight is 390 g/mol. The molecule has 3 amide bonds. The van der Waals surface area contributed by atoms with Crippen molar-refractivity contribution >= 4 is 29.1 Å². The van der Waals surface area contributed by atoms with Crippen molar-refractivity contribution in [1.82, 2.24) is 0 Å². The standard InChI is InChI=1S/C22H15FN2O4/c1-29-19-12-13(24-20(26)16-8-4-5-9-17(16)23)10-11-18(19)25-21(27)14-6-2-3-7-15(14)22(25)28/h2-12H,1H3,(H,24,26). The van der Waals surface area contributed by atoms with Crippen LogP contribution in [0.15, 0.2) is 66.7 Å². The second-order valence-electron chi connectivity index (χ2n) is 6.31. The van der Waals surface area contributed by atoms with Gasteiger partial charge in [0.15, 0.2) is 0 Å². The lowest BCUT2D eigenvalue weighted by Crippen LogP contribution is -2.29. The van der Waals surface area contributed by atoms with Crippen molar-refractivity contribution in [2.45, 2.75) is 0 Å². The number of benzene rings is 3. The summed E-state index contributed by atoms with van der Waals surface area (Å²) in [5.41, 5.74) is 1.11. The maximum Gasteiger partial charge on any atom is 0.266 e. The summed E-state index contributed by atoms with van der Waals surface area (Å²) in [7, 11) is 1.39. The highest BCUT2D eigenvalue weighted by Gasteiger charge is 2.37. The van der Waals surface area contributed by atoms with Gasteiger partial charge in [0, 0.05) is 11.8 Å². The van der Waals surface area contributed by atoms with Gasteiger partial charge in [-0.05, 0) is 36.4 Å². The minimum absolute atomic E-state index is 0.101. The summed E-state index contributed by atoms with van der Waals surface area (Å²) in [6, 6.07) is 16.6. The first-order chi connectivity index (χ1) is 14.0. The number of carbonyl (C=O) groups is 3. The maximum absolute atomic E-state index is 13.8. The van der Waals surface area contributed by atoms with Crippen LogP contribution in [0.2, 0.25) is 0 Å². The third-order valence-electron chi connectivity index (χ3n) is 4.59. The fourth-order valence-electron chi connectivity index (χ4n) is 3.19. The Bertz CT molecular complexity index is 1120. The molecule has 1 N–H and O–H groups in total. The Morgan fingerprint density at radius 2 is 1.55 bits per heavy atom. The van der Waals surface area contributed by atoms with Crippen LogP contribution < -0.4 is 15.0 Å². The third kappa shape index (κ3) is 3.12. The van der Waals surface area contributed by atoms with Crippen LogP contribution in [-0.2, 0) is 0 Å². The highest BCUT2D eigenvalue weighted by molar-refractivity contribution is 6.34. The van der Waals surface area contributed by atoms with Gasteiger partial charge in [0.2, 0.25) is 0 Å². The molecule has 0 aliphatic carbocycles. The van der Waals surface area contributed by atoms with Crippen molar-refractivity contribution in [3.05, 3.63) is 89.2 Å². The monoisotopic (exact) mass is 390 g/mol. The number of hydrogen-bond donors (Lipinski definition) is 1. The third-order valence-corrected chi connectivity index (χ3v) is 4.59. The number of hydrogen-bond acceptors (Lipinski definition) is 4. The summed E-state index contributed by atoms with van der Waals surface area (Å²) >= 11 is 0. The van der Waals surface area contributed by atoms with Gasteiger partial charge in [-0.25, -0.2) is 9.29 Å². The lowest BCUT2D eigenvalue weighted by Gasteiger charge is -2.18. The number of ether oxygens (including phenoxy) is 1. The number of fused-ring (bicyclic) bond motifs is 1. The molecule has 0 aromatic heterocycles. The van der Waals surface area contributed by atoms with Crippen LogP contribution in [0.25, 0.3) is 0 Å². The first-order valence-electron chi connectivity index (χ1n) is 8.73. The van der Waals surface area contributed by atoms with Gasteiger partial charge in [0.1, 0.15) is 11.6 Å². The lowest BCUT2D eigenvalue weighted by molar-refractivity contribution is 0.0923. The van der Waals surface area contributed by atoms with E-state index in [4.69, 9.17) is 4.74 Å². The molecule has 7 heteroatoms. The van der Waals surface area contributed by atoms with Gasteiger partial charge in [-0.2, -0.15) is 0 Å². The fraction of sp³-hybridized carbons (Fsp3) is 0.0455. The highest BCUT2D eigenvalue weighted by Crippen LogP contribution is 2.36. The number of anilines is 2. The van der Waals surface area contributed by atoms with Gasteiger partial charge >= 0.3 is 0 Å². The largest absolute Gasteiger partial charge is 0.494 e. The summed E-state index contributed by atoms with van der Waals surface area (Å²) in [6.07, 6.45) is 0. The maximum atomic E-state index is 13.8. The minimum Gasteiger partial charge on any atom is -0.494 e. The summed E-state index contributed by atoms with van der Waals surface area (Å²) in [4.78, 5) is 38.7. The van der Waals surface area contributed by atoms with Crippen molar-refractivity contribution < 1.29 is 23.5 Å². The Balaban J connectivity index is 1.65. The zero-order valence-electron chi connectivity index (χ0n) is 15.3. The van der Waals surface area contributed by atoms with E-state index in [0.717, 1.165) is 4.90 Å². The summed E-state index contributed by atoms with van der Waals surface area (Å²) < 4.78 is 19.1. The molecule has 29 heavy (non-hydrogen) atoms. The number of carbonyl (C=O) groups excluding carboxylic acids is 3. The number of imide groups is 1. The van der Waals surface area contributed by atoms with Crippen LogP contribution >= 0.6 is 0 Å². The quantitative estimate of drug-likeness (QED) is 0.686. The van der Waals surface area contributed by atoms with E-state index in [0.29, 0.717) is 16.8 Å². The molecule has 4 rings (SSSR count). The molecule has 144 valence electrons. The fourth-order valence-corrected chi connectivity index (χ4v) is 3.19. The number of halogens is 1. The predicted octanol–water partition coefficient (Wildman–Crippen LogP) is 3.89. The molecular formula is C22H15FN2O4. The summed E-state index contributed by atoms with van der Waals surface area (Å²) in [6.45, 7) is 0. The Labute approximate surface area is 165 Å². The Morgan fingerprint density at radius 3 is 2.17 bits per heavy atom. The molecule has 1 aliphatic rings. The smallest absolute Gasteiger partial charge is 0.266 e. The van der Waals surface area contributed by atoms with Gasteiger partial charge in [0.05, 0.1) is 29.5 Å². The molecule has 0 spiro atoms. The van der Waals surface area contributed by atoms with Crippen molar-refractivity contribution in [1.29, 1.82) is 0 Å². The minimum atomic E-state index is -0.639. The lowest BCUT2D eigenvalue weighted by atomic mass is 10.1. The molecule has 3 aromatic rings. The van der Waals surface area contributed by atoms with Gasteiger partial charge in [-0.3, -0.25) is 14.4 Å². The van der Waals surface area contributed by atoms with Crippen LogP contribution in [0, 0.1) is 5.82 Å². The Morgan fingerprint density at radius 1 is 0.931 bits per heavy atom. The molecule has 0 bridgehead atoms. The van der Waals surface area contributed by atoms with Crippen molar-refractivity contribution in [3.8, 4) is 5.75 Å². The topological polar surface area (TPSA) is 75.7 Å². The van der Waals surface area contributed by atoms with E-state index in [2.05, 4.69) is 5.32 Å². The molecule has 0 saturated heterocycles. The van der Waals surface area contributed by atoms with Gasteiger partial charge in [-0.1, -0.05) is 24.3 Å². The number of rotatable bonds is 4. The van der Waals surface area contributed by atoms with Crippen LogP contribution in [0.3, 0.4) is 0 Å². The zero-order chi connectivity index (χ0) is 20.5. The SMILES string of the molecule is COc1cc(NC(=O)c2ccccc2F)ccc1N1C(=O)c2ccccc2C1=O. The molecule has 1 aliphatic heterocycles. The first kappa shape index (κ1) is 18.4. The number of methoxy groups -OCH3 is 1. The molecular weight excluding hydrogens is 375 g/mol. The molecule has 0 atom stereocenters. The first-order valence-corrected chi connectivity index (χ1v) is 8.73. The van der Waals surface area contributed by atoms with E-state index in [-0.39, 0.29) is 17.0 Å². The molecule has 0 fully saturated rings.